The Balaban J connectivity index is 2.25. The van der Waals surface area contributed by atoms with Gasteiger partial charge in [-0.05, 0) is 12.5 Å². The van der Waals surface area contributed by atoms with Crippen molar-refractivity contribution in [3.63, 3.8) is 0 Å². The van der Waals surface area contributed by atoms with Crippen LogP contribution >= 0.6 is 11.8 Å². The van der Waals surface area contributed by atoms with Crippen molar-refractivity contribution in [2.45, 2.75) is 18.8 Å². The summed E-state index contributed by atoms with van der Waals surface area (Å²) < 4.78 is 4.73. The van der Waals surface area contributed by atoms with Crippen LogP contribution in [0.25, 0.3) is 0 Å². The van der Waals surface area contributed by atoms with Gasteiger partial charge in [0.15, 0.2) is 6.10 Å². The van der Waals surface area contributed by atoms with Crippen molar-refractivity contribution in [1.82, 2.24) is 5.32 Å². The molecule has 1 rings (SSSR count). The summed E-state index contributed by atoms with van der Waals surface area (Å²) in [5.74, 6) is -0.225. The number of hydrogen-bond donors (Lipinski definition) is 2. The molecule has 0 spiro atoms. The van der Waals surface area contributed by atoms with Crippen molar-refractivity contribution in [3.05, 3.63) is 35.4 Å². The predicted octanol–water partition coefficient (Wildman–Crippen LogP) is 1.44. The molecule has 0 saturated carbocycles. The summed E-state index contributed by atoms with van der Waals surface area (Å²) in [6.45, 7) is 2.01. The summed E-state index contributed by atoms with van der Waals surface area (Å²) in [6, 6.07) is 8.11. The summed E-state index contributed by atoms with van der Waals surface area (Å²) in [5, 5.41) is 11.3. The van der Waals surface area contributed by atoms with Crippen LogP contribution in [0.5, 0.6) is 0 Å². The third-order valence-electron chi connectivity index (χ3n) is 2.63. The fraction of sp³-hybridized carbons (Fsp3) is 0.429. The number of carbonyl (C=O) groups is 2. The third-order valence-corrected chi connectivity index (χ3v) is 3.63. The lowest BCUT2D eigenvalue weighted by molar-refractivity contribution is -0.148. The fourth-order valence-electron chi connectivity index (χ4n) is 1.59. The van der Waals surface area contributed by atoms with Crippen molar-refractivity contribution in [1.29, 1.82) is 0 Å². The predicted molar refractivity (Wildman–Crippen MR) is 78.8 cm³/mol. The Morgan fingerprint density at radius 3 is 2.80 bits per heavy atom. The molecule has 0 aliphatic carbocycles. The molecule has 1 aromatic rings. The van der Waals surface area contributed by atoms with Crippen molar-refractivity contribution >= 4 is 23.6 Å². The van der Waals surface area contributed by atoms with Gasteiger partial charge in [0.05, 0.1) is 12.3 Å². The van der Waals surface area contributed by atoms with Crippen LogP contribution in [-0.4, -0.2) is 42.5 Å². The standard InChI is InChI=1S/C14H19NO4S/c1-10-4-3-5-11(6-10)8-20-9-13(16)15-7-12(19-2)14(17)18/h3-6,12H,7-9H2,1-2H3,(H,15,16)(H,17,18). The minimum Gasteiger partial charge on any atom is -0.479 e. The van der Waals surface area contributed by atoms with Crippen LogP contribution in [0.4, 0.5) is 0 Å². The first-order valence-corrected chi connectivity index (χ1v) is 7.34. The molecule has 110 valence electrons. The maximum atomic E-state index is 11.6. The number of amides is 1. The molecule has 1 atom stereocenters. The Bertz CT molecular complexity index is 464. The number of carboxylic acid groups (broad SMARTS) is 1. The van der Waals surface area contributed by atoms with E-state index in [4.69, 9.17) is 9.84 Å². The first-order valence-electron chi connectivity index (χ1n) is 6.18. The lowest BCUT2D eigenvalue weighted by Crippen LogP contribution is -2.38. The van der Waals surface area contributed by atoms with Crippen LogP contribution < -0.4 is 5.32 Å². The molecule has 2 N–H and O–H groups in total. The van der Waals surface area contributed by atoms with Crippen molar-refractivity contribution in [2.24, 2.45) is 0 Å². The monoisotopic (exact) mass is 297 g/mol. The molecule has 5 nitrogen and oxygen atoms in total. The van der Waals surface area contributed by atoms with E-state index < -0.39 is 12.1 Å². The lowest BCUT2D eigenvalue weighted by atomic mass is 10.2. The minimum atomic E-state index is -1.08. The van der Waals surface area contributed by atoms with Crippen LogP contribution in [0.2, 0.25) is 0 Å². The van der Waals surface area contributed by atoms with E-state index >= 15 is 0 Å². The molecule has 20 heavy (non-hydrogen) atoms. The summed E-state index contributed by atoms with van der Waals surface area (Å²) in [5.41, 5.74) is 2.36. The molecule has 0 heterocycles. The van der Waals surface area contributed by atoms with E-state index in [1.165, 1.54) is 30.0 Å². The number of thioether (sulfide) groups is 1. The van der Waals surface area contributed by atoms with Gasteiger partial charge in [0, 0.05) is 12.9 Å². The summed E-state index contributed by atoms with van der Waals surface area (Å²) in [6.07, 6.45) is -0.999. The maximum absolute atomic E-state index is 11.6. The number of hydrogen-bond acceptors (Lipinski definition) is 4. The van der Waals surface area contributed by atoms with Gasteiger partial charge in [0.2, 0.25) is 5.91 Å². The fourth-order valence-corrected chi connectivity index (χ4v) is 2.40. The zero-order valence-electron chi connectivity index (χ0n) is 11.6. The van der Waals surface area contributed by atoms with E-state index in [0.717, 1.165) is 5.75 Å². The van der Waals surface area contributed by atoms with Gasteiger partial charge in [-0.1, -0.05) is 29.8 Å². The second kappa shape index (κ2) is 8.60. The zero-order valence-corrected chi connectivity index (χ0v) is 12.4. The number of carbonyl (C=O) groups excluding carboxylic acids is 1. The van der Waals surface area contributed by atoms with E-state index in [-0.39, 0.29) is 12.5 Å². The van der Waals surface area contributed by atoms with Crippen molar-refractivity contribution < 1.29 is 19.4 Å². The molecule has 0 aromatic heterocycles. The van der Waals surface area contributed by atoms with Crippen molar-refractivity contribution in [3.8, 4) is 0 Å². The average molecular weight is 297 g/mol. The van der Waals surface area contributed by atoms with Crippen LogP contribution in [0, 0.1) is 6.92 Å². The zero-order chi connectivity index (χ0) is 15.0. The Labute approximate surface area is 122 Å². The summed E-state index contributed by atoms with van der Waals surface area (Å²) >= 11 is 1.49. The summed E-state index contributed by atoms with van der Waals surface area (Å²) in [4.78, 5) is 22.3. The van der Waals surface area contributed by atoms with Crippen molar-refractivity contribution in [2.75, 3.05) is 19.4 Å². The van der Waals surface area contributed by atoms with Gasteiger partial charge in [-0.15, -0.1) is 11.8 Å². The SMILES string of the molecule is COC(CNC(=O)CSCc1cccc(C)c1)C(=O)O. The van der Waals surface area contributed by atoms with Gasteiger partial charge in [0.25, 0.3) is 0 Å². The second-order valence-corrected chi connectivity index (χ2v) is 5.33. The molecule has 0 radical (unpaired) electrons. The Morgan fingerprint density at radius 1 is 1.45 bits per heavy atom. The second-order valence-electron chi connectivity index (χ2n) is 4.35. The Kier molecular flexibility index (Phi) is 7.11. The average Bonchev–Trinajstić information content (AvgIpc) is 2.39. The molecule has 0 fully saturated rings. The van der Waals surface area contributed by atoms with Crippen LogP contribution in [0.15, 0.2) is 24.3 Å². The van der Waals surface area contributed by atoms with E-state index in [0.29, 0.717) is 5.75 Å². The number of nitrogens with one attached hydrogen (secondary N) is 1. The number of aliphatic carboxylic acids is 1. The number of methoxy groups -OCH3 is 1. The van der Waals surface area contributed by atoms with E-state index in [9.17, 15) is 9.59 Å². The first kappa shape index (κ1) is 16.5. The first-order chi connectivity index (χ1) is 9.52. The number of aryl methyl sites for hydroxylation is 1. The molecule has 1 aromatic carbocycles. The molecule has 6 heteroatoms. The van der Waals surface area contributed by atoms with Gasteiger partial charge in [-0.3, -0.25) is 4.79 Å². The highest BCUT2D eigenvalue weighted by Crippen LogP contribution is 2.13. The van der Waals surface area contributed by atoms with E-state index in [2.05, 4.69) is 11.4 Å². The summed E-state index contributed by atoms with van der Waals surface area (Å²) in [7, 11) is 1.30. The number of carboxylic acids is 1. The largest absolute Gasteiger partial charge is 0.479 e. The molecular formula is C14H19NO4S. The third kappa shape index (κ3) is 6.08. The quantitative estimate of drug-likeness (QED) is 0.759. The van der Waals surface area contributed by atoms with Crippen LogP contribution in [0.3, 0.4) is 0 Å². The highest BCUT2D eigenvalue weighted by atomic mass is 32.2. The number of benzene rings is 1. The van der Waals surface area contributed by atoms with Gasteiger partial charge in [0.1, 0.15) is 0 Å². The number of ether oxygens (including phenoxy) is 1. The Hall–Kier alpha value is -1.53. The highest BCUT2D eigenvalue weighted by Gasteiger charge is 2.16. The maximum Gasteiger partial charge on any atom is 0.334 e. The molecule has 0 aliphatic rings. The molecular weight excluding hydrogens is 278 g/mol. The molecule has 0 bridgehead atoms. The van der Waals surface area contributed by atoms with Gasteiger partial charge in [-0.25, -0.2) is 4.79 Å². The highest BCUT2D eigenvalue weighted by molar-refractivity contribution is 7.99. The van der Waals surface area contributed by atoms with E-state index in [1.807, 2.05) is 25.1 Å². The van der Waals surface area contributed by atoms with Gasteiger partial charge < -0.3 is 15.2 Å². The van der Waals surface area contributed by atoms with E-state index in [1.54, 1.807) is 0 Å². The molecule has 0 saturated heterocycles. The number of rotatable bonds is 8. The molecule has 1 amide bonds. The smallest absolute Gasteiger partial charge is 0.334 e. The van der Waals surface area contributed by atoms with Gasteiger partial charge in [-0.2, -0.15) is 0 Å². The molecule has 0 aliphatic heterocycles. The van der Waals surface area contributed by atoms with Crippen LogP contribution in [0.1, 0.15) is 11.1 Å². The lowest BCUT2D eigenvalue weighted by Gasteiger charge is -2.11. The topological polar surface area (TPSA) is 75.6 Å². The molecule has 1 unspecified atom stereocenters. The van der Waals surface area contributed by atoms with Gasteiger partial charge >= 0.3 is 5.97 Å². The van der Waals surface area contributed by atoms with Crippen LogP contribution in [-0.2, 0) is 20.1 Å². The Morgan fingerprint density at radius 2 is 2.20 bits per heavy atom. The normalized spacial score (nSPS) is 11.9. The minimum absolute atomic E-state index is 0.0182.